The summed E-state index contributed by atoms with van der Waals surface area (Å²) in [6, 6.07) is 15.7. The van der Waals surface area contributed by atoms with Gasteiger partial charge >= 0.3 is 0 Å². The number of sulfonamides is 1. The number of anilines is 1. The standard InChI is InChI=1S/C20H18ClN3O3S/c1-14(15-10-12-22-13-11-15)23-20(25)16-6-8-17(9-7-16)28(26,27)24-19-5-3-2-4-18(19)21/h2-14,24H,1H3,(H,23,25)/t14-/m1/s1. The van der Waals surface area contributed by atoms with Gasteiger partial charge in [0.2, 0.25) is 0 Å². The first-order chi connectivity index (χ1) is 13.4. The predicted molar refractivity (Wildman–Crippen MR) is 109 cm³/mol. The number of benzene rings is 2. The number of aromatic nitrogens is 1. The summed E-state index contributed by atoms with van der Waals surface area (Å²) < 4.78 is 27.5. The molecule has 3 aromatic rings. The van der Waals surface area contributed by atoms with E-state index in [4.69, 9.17) is 11.6 Å². The van der Waals surface area contributed by atoms with Crippen molar-refractivity contribution in [2.45, 2.75) is 17.9 Å². The summed E-state index contributed by atoms with van der Waals surface area (Å²) in [7, 11) is -3.82. The Morgan fingerprint density at radius 2 is 1.64 bits per heavy atom. The van der Waals surface area contributed by atoms with Crippen molar-refractivity contribution in [3.63, 3.8) is 0 Å². The van der Waals surface area contributed by atoms with Crippen molar-refractivity contribution in [3.8, 4) is 0 Å². The highest BCUT2D eigenvalue weighted by molar-refractivity contribution is 7.92. The van der Waals surface area contributed by atoms with Gasteiger partial charge in [0.15, 0.2) is 0 Å². The van der Waals surface area contributed by atoms with Crippen molar-refractivity contribution in [2.24, 2.45) is 0 Å². The highest BCUT2D eigenvalue weighted by Crippen LogP contribution is 2.24. The van der Waals surface area contributed by atoms with Crippen LogP contribution < -0.4 is 10.0 Å². The lowest BCUT2D eigenvalue weighted by atomic mass is 10.1. The van der Waals surface area contributed by atoms with E-state index in [0.29, 0.717) is 10.6 Å². The maximum Gasteiger partial charge on any atom is 0.261 e. The summed E-state index contributed by atoms with van der Waals surface area (Å²) in [6.07, 6.45) is 3.31. The fraction of sp³-hybridized carbons (Fsp3) is 0.100. The molecule has 8 heteroatoms. The molecular formula is C20H18ClN3O3S. The number of para-hydroxylation sites is 1. The predicted octanol–water partition coefficient (Wildman–Crippen LogP) is 4.03. The SMILES string of the molecule is C[C@@H](NC(=O)c1ccc(S(=O)(=O)Nc2ccccc2Cl)cc1)c1ccncc1. The van der Waals surface area contributed by atoms with E-state index in [2.05, 4.69) is 15.0 Å². The molecule has 1 heterocycles. The van der Waals surface area contributed by atoms with Gasteiger partial charge in [-0.2, -0.15) is 0 Å². The maximum absolute atomic E-state index is 12.5. The molecule has 0 spiro atoms. The highest BCUT2D eigenvalue weighted by atomic mass is 35.5. The number of carbonyl (C=O) groups excluding carboxylic acids is 1. The van der Waals surface area contributed by atoms with Crippen LogP contribution >= 0.6 is 11.6 Å². The molecule has 0 aliphatic heterocycles. The van der Waals surface area contributed by atoms with Gasteiger partial charge in [-0.05, 0) is 61.0 Å². The van der Waals surface area contributed by atoms with Crippen LogP contribution in [0.1, 0.15) is 28.9 Å². The molecule has 144 valence electrons. The number of nitrogens with zero attached hydrogens (tertiary/aromatic N) is 1. The molecule has 0 unspecified atom stereocenters. The monoisotopic (exact) mass is 415 g/mol. The number of amides is 1. The smallest absolute Gasteiger partial charge is 0.261 e. The lowest BCUT2D eigenvalue weighted by Crippen LogP contribution is -2.26. The van der Waals surface area contributed by atoms with E-state index in [-0.39, 0.29) is 22.5 Å². The Morgan fingerprint density at radius 3 is 2.29 bits per heavy atom. The van der Waals surface area contributed by atoms with E-state index in [0.717, 1.165) is 5.56 Å². The Morgan fingerprint density at radius 1 is 1.00 bits per heavy atom. The van der Waals surface area contributed by atoms with Gasteiger partial charge < -0.3 is 5.32 Å². The lowest BCUT2D eigenvalue weighted by Gasteiger charge is -2.14. The largest absolute Gasteiger partial charge is 0.346 e. The normalized spacial score (nSPS) is 12.2. The second-order valence-electron chi connectivity index (χ2n) is 6.09. The van der Waals surface area contributed by atoms with Gasteiger partial charge in [0.25, 0.3) is 15.9 Å². The van der Waals surface area contributed by atoms with Crippen LogP contribution in [0, 0.1) is 0 Å². The number of rotatable bonds is 6. The summed E-state index contributed by atoms with van der Waals surface area (Å²) in [5, 5.41) is 3.17. The molecule has 0 aliphatic rings. The lowest BCUT2D eigenvalue weighted by molar-refractivity contribution is 0.0939. The molecule has 0 saturated heterocycles. The second kappa shape index (κ2) is 8.41. The summed E-state index contributed by atoms with van der Waals surface area (Å²) in [4.78, 5) is 16.4. The van der Waals surface area contributed by atoms with Gasteiger partial charge in [-0.25, -0.2) is 8.42 Å². The molecule has 28 heavy (non-hydrogen) atoms. The van der Waals surface area contributed by atoms with Gasteiger partial charge in [0.05, 0.1) is 21.6 Å². The van der Waals surface area contributed by atoms with E-state index in [9.17, 15) is 13.2 Å². The van der Waals surface area contributed by atoms with E-state index < -0.39 is 10.0 Å². The molecule has 0 bridgehead atoms. The summed E-state index contributed by atoms with van der Waals surface area (Å²) >= 11 is 6.00. The summed E-state index contributed by atoms with van der Waals surface area (Å²) in [5.41, 5.74) is 1.57. The van der Waals surface area contributed by atoms with Crippen LogP contribution in [-0.2, 0) is 10.0 Å². The first kappa shape index (κ1) is 19.9. The van der Waals surface area contributed by atoms with Crippen LogP contribution in [0.3, 0.4) is 0 Å². The number of hydrogen-bond acceptors (Lipinski definition) is 4. The molecule has 2 N–H and O–H groups in total. The Balaban J connectivity index is 1.72. The molecule has 1 atom stereocenters. The number of nitrogens with one attached hydrogen (secondary N) is 2. The fourth-order valence-corrected chi connectivity index (χ4v) is 3.87. The van der Waals surface area contributed by atoms with Crippen molar-refractivity contribution >= 4 is 33.2 Å². The Hall–Kier alpha value is -2.90. The quantitative estimate of drug-likeness (QED) is 0.636. The molecule has 3 rings (SSSR count). The third-order valence-electron chi connectivity index (χ3n) is 4.10. The highest BCUT2D eigenvalue weighted by Gasteiger charge is 2.17. The molecule has 0 aliphatic carbocycles. The molecule has 0 radical (unpaired) electrons. The topological polar surface area (TPSA) is 88.2 Å². The van der Waals surface area contributed by atoms with E-state index in [1.807, 2.05) is 19.1 Å². The Kier molecular flexibility index (Phi) is 5.96. The minimum absolute atomic E-state index is 0.0335. The zero-order chi connectivity index (χ0) is 20.1. The first-order valence-electron chi connectivity index (χ1n) is 8.45. The average Bonchev–Trinajstić information content (AvgIpc) is 2.70. The molecule has 1 aromatic heterocycles. The number of pyridine rings is 1. The van der Waals surface area contributed by atoms with Crippen LogP contribution in [0.2, 0.25) is 5.02 Å². The first-order valence-corrected chi connectivity index (χ1v) is 10.3. The Bertz CT molecular complexity index is 1070. The third-order valence-corrected chi connectivity index (χ3v) is 5.81. The molecule has 0 fully saturated rings. The summed E-state index contributed by atoms with van der Waals surface area (Å²) in [5.74, 6) is -0.299. The molecule has 6 nitrogen and oxygen atoms in total. The Labute approximate surface area is 168 Å². The van der Waals surface area contributed by atoms with Crippen LogP contribution in [-0.4, -0.2) is 19.3 Å². The zero-order valence-electron chi connectivity index (χ0n) is 15.0. The third kappa shape index (κ3) is 4.68. The van der Waals surface area contributed by atoms with Crippen LogP contribution in [0.15, 0.2) is 78.0 Å². The molecule has 1 amide bonds. The number of carbonyl (C=O) groups is 1. The van der Waals surface area contributed by atoms with Crippen molar-refractivity contribution in [3.05, 3.63) is 89.2 Å². The van der Waals surface area contributed by atoms with Crippen LogP contribution in [0.4, 0.5) is 5.69 Å². The summed E-state index contributed by atoms with van der Waals surface area (Å²) in [6.45, 7) is 1.86. The molecule has 2 aromatic carbocycles. The molecule has 0 saturated carbocycles. The molecular weight excluding hydrogens is 398 g/mol. The maximum atomic E-state index is 12.5. The second-order valence-corrected chi connectivity index (χ2v) is 8.18. The minimum atomic E-state index is -3.82. The van der Waals surface area contributed by atoms with Crippen molar-refractivity contribution in [2.75, 3.05) is 4.72 Å². The van der Waals surface area contributed by atoms with Gasteiger partial charge in [0, 0.05) is 18.0 Å². The van der Waals surface area contributed by atoms with Gasteiger partial charge in [0.1, 0.15) is 0 Å². The number of hydrogen-bond donors (Lipinski definition) is 2. The van der Waals surface area contributed by atoms with Crippen molar-refractivity contribution in [1.82, 2.24) is 10.3 Å². The van der Waals surface area contributed by atoms with E-state index in [1.54, 1.807) is 36.7 Å². The average molecular weight is 416 g/mol. The zero-order valence-corrected chi connectivity index (χ0v) is 16.5. The minimum Gasteiger partial charge on any atom is -0.346 e. The van der Waals surface area contributed by atoms with Crippen molar-refractivity contribution in [1.29, 1.82) is 0 Å². The van der Waals surface area contributed by atoms with Gasteiger partial charge in [-0.3, -0.25) is 14.5 Å². The number of halogens is 1. The van der Waals surface area contributed by atoms with Crippen LogP contribution in [0.25, 0.3) is 0 Å². The van der Waals surface area contributed by atoms with Crippen LogP contribution in [0.5, 0.6) is 0 Å². The van der Waals surface area contributed by atoms with Crippen molar-refractivity contribution < 1.29 is 13.2 Å². The van der Waals surface area contributed by atoms with Gasteiger partial charge in [-0.15, -0.1) is 0 Å². The van der Waals surface area contributed by atoms with Gasteiger partial charge in [-0.1, -0.05) is 23.7 Å². The fourth-order valence-electron chi connectivity index (χ4n) is 2.55. The van der Waals surface area contributed by atoms with E-state index >= 15 is 0 Å². The van der Waals surface area contributed by atoms with E-state index in [1.165, 1.54) is 24.3 Å².